The number of benzene rings is 1. The molecule has 66 valence electrons. The lowest BCUT2D eigenvalue weighted by Crippen LogP contribution is -2.01. The first-order valence-corrected chi connectivity index (χ1v) is 3.82. The summed E-state index contributed by atoms with van der Waals surface area (Å²) in [4.78, 5) is 0. The van der Waals surface area contributed by atoms with Gasteiger partial charge in [-0.25, -0.2) is 0 Å². The Bertz CT molecular complexity index is 259. The van der Waals surface area contributed by atoms with Crippen molar-refractivity contribution >= 4 is 5.69 Å². The Labute approximate surface area is 72.3 Å². The second kappa shape index (κ2) is 3.45. The Morgan fingerprint density at radius 3 is 2.58 bits per heavy atom. The fraction of sp³-hybridized carbons (Fsp3) is 0.333. The molecule has 0 fully saturated rings. The van der Waals surface area contributed by atoms with Gasteiger partial charge < -0.3 is 16.2 Å². The SMILES string of the molecule is COc1cc(CN)c(C)cc1N. The molecule has 0 spiro atoms. The molecule has 0 bridgehead atoms. The molecule has 0 saturated heterocycles. The quantitative estimate of drug-likeness (QED) is 0.645. The monoisotopic (exact) mass is 166 g/mol. The van der Waals surface area contributed by atoms with Crippen molar-refractivity contribution in [3.05, 3.63) is 23.3 Å². The van der Waals surface area contributed by atoms with E-state index in [1.165, 1.54) is 0 Å². The van der Waals surface area contributed by atoms with Crippen molar-refractivity contribution in [3.8, 4) is 5.75 Å². The molecule has 4 N–H and O–H groups in total. The zero-order valence-electron chi connectivity index (χ0n) is 7.42. The smallest absolute Gasteiger partial charge is 0.142 e. The molecule has 1 rings (SSSR count). The van der Waals surface area contributed by atoms with E-state index in [0.717, 1.165) is 11.1 Å². The normalized spacial score (nSPS) is 9.92. The fourth-order valence-electron chi connectivity index (χ4n) is 1.15. The Morgan fingerprint density at radius 1 is 1.42 bits per heavy atom. The lowest BCUT2D eigenvalue weighted by atomic mass is 10.1. The van der Waals surface area contributed by atoms with Gasteiger partial charge in [0.15, 0.2) is 0 Å². The summed E-state index contributed by atoms with van der Waals surface area (Å²) < 4.78 is 5.06. The van der Waals surface area contributed by atoms with E-state index in [-0.39, 0.29) is 0 Å². The Balaban J connectivity index is 3.18. The van der Waals surface area contributed by atoms with Crippen LogP contribution in [0.15, 0.2) is 12.1 Å². The number of methoxy groups -OCH3 is 1. The molecule has 1 aromatic rings. The van der Waals surface area contributed by atoms with Gasteiger partial charge >= 0.3 is 0 Å². The van der Waals surface area contributed by atoms with Gasteiger partial charge in [-0.2, -0.15) is 0 Å². The molecule has 0 aliphatic carbocycles. The van der Waals surface area contributed by atoms with Crippen LogP contribution in [0.25, 0.3) is 0 Å². The molecule has 0 aliphatic heterocycles. The molecule has 0 unspecified atom stereocenters. The lowest BCUT2D eigenvalue weighted by Gasteiger charge is -2.08. The van der Waals surface area contributed by atoms with Crippen molar-refractivity contribution in [2.45, 2.75) is 13.5 Å². The summed E-state index contributed by atoms with van der Waals surface area (Å²) in [5, 5.41) is 0. The zero-order chi connectivity index (χ0) is 9.14. The summed E-state index contributed by atoms with van der Waals surface area (Å²) in [5.74, 6) is 0.695. The summed E-state index contributed by atoms with van der Waals surface area (Å²) in [5.41, 5.74) is 14.1. The van der Waals surface area contributed by atoms with Gasteiger partial charge in [-0.05, 0) is 30.2 Å². The molecule has 0 radical (unpaired) electrons. The first-order valence-electron chi connectivity index (χ1n) is 3.82. The van der Waals surface area contributed by atoms with Gasteiger partial charge in [0.2, 0.25) is 0 Å². The molecule has 0 saturated carbocycles. The molecule has 0 aliphatic rings. The predicted octanol–water partition coefficient (Wildman–Crippen LogP) is 1.04. The summed E-state index contributed by atoms with van der Waals surface area (Å²) in [6, 6.07) is 3.76. The minimum absolute atomic E-state index is 0.516. The van der Waals surface area contributed by atoms with E-state index in [4.69, 9.17) is 16.2 Å². The maximum absolute atomic E-state index is 5.69. The van der Waals surface area contributed by atoms with Gasteiger partial charge in [-0.15, -0.1) is 0 Å². The van der Waals surface area contributed by atoms with Crippen LogP contribution < -0.4 is 16.2 Å². The zero-order valence-corrected chi connectivity index (χ0v) is 7.42. The molecule has 3 heteroatoms. The number of nitrogens with two attached hydrogens (primary N) is 2. The molecule has 12 heavy (non-hydrogen) atoms. The summed E-state index contributed by atoms with van der Waals surface area (Å²) in [6.45, 7) is 2.50. The largest absolute Gasteiger partial charge is 0.495 e. The average Bonchev–Trinajstić information content (AvgIpc) is 2.05. The minimum atomic E-state index is 0.516. The van der Waals surface area contributed by atoms with Crippen LogP contribution in [0.2, 0.25) is 0 Å². The number of rotatable bonds is 2. The highest BCUT2D eigenvalue weighted by Gasteiger charge is 2.03. The second-order valence-electron chi connectivity index (χ2n) is 2.72. The highest BCUT2D eigenvalue weighted by atomic mass is 16.5. The number of ether oxygens (including phenoxy) is 1. The van der Waals surface area contributed by atoms with Crippen molar-refractivity contribution in [2.75, 3.05) is 12.8 Å². The Morgan fingerprint density at radius 2 is 2.08 bits per heavy atom. The maximum Gasteiger partial charge on any atom is 0.142 e. The summed E-state index contributed by atoms with van der Waals surface area (Å²) in [6.07, 6.45) is 0. The molecule has 0 amide bonds. The number of aryl methyl sites for hydroxylation is 1. The first-order chi connectivity index (χ1) is 5.69. The van der Waals surface area contributed by atoms with Crippen LogP contribution in [0.1, 0.15) is 11.1 Å². The highest BCUT2D eigenvalue weighted by molar-refractivity contribution is 5.56. The Kier molecular flexibility index (Phi) is 2.55. The first kappa shape index (κ1) is 8.87. The maximum atomic E-state index is 5.69. The molecule has 0 aromatic heterocycles. The highest BCUT2D eigenvalue weighted by Crippen LogP contribution is 2.24. The number of nitrogen functional groups attached to an aromatic ring is 1. The van der Waals surface area contributed by atoms with E-state index < -0.39 is 0 Å². The number of hydrogen-bond donors (Lipinski definition) is 2. The van der Waals surface area contributed by atoms with Crippen LogP contribution in [-0.4, -0.2) is 7.11 Å². The summed E-state index contributed by atoms with van der Waals surface area (Å²) >= 11 is 0. The lowest BCUT2D eigenvalue weighted by molar-refractivity contribution is 0.416. The van der Waals surface area contributed by atoms with Crippen LogP contribution in [0.4, 0.5) is 5.69 Å². The Hall–Kier alpha value is -1.22. The van der Waals surface area contributed by atoms with Crippen LogP contribution in [0.3, 0.4) is 0 Å². The van der Waals surface area contributed by atoms with Crippen LogP contribution >= 0.6 is 0 Å². The van der Waals surface area contributed by atoms with Gasteiger partial charge in [0.25, 0.3) is 0 Å². The third kappa shape index (κ3) is 1.51. The number of anilines is 1. The van der Waals surface area contributed by atoms with E-state index in [2.05, 4.69) is 0 Å². The van der Waals surface area contributed by atoms with Crippen LogP contribution in [0.5, 0.6) is 5.75 Å². The van der Waals surface area contributed by atoms with E-state index in [1.807, 2.05) is 19.1 Å². The van der Waals surface area contributed by atoms with E-state index >= 15 is 0 Å². The van der Waals surface area contributed by atoms with Crippen molar-refractivity contribution in [3.63, 3.8) is 0 Å². The van der Waals surface area contributed by atoms with Crippen LogP contribution in [0, 0.1) is 6.92 Å². The van der Waals surface area contributed by atoms with Crippen molar-refractivity contribution in [1.82, 2.24) is 0 Å². The topological polar surface area (TPSA) is 61.3 Å². The van der Waals surface area contributed by atoms with Gasteiger partial charge in [0.1, 0.15) is 5.75 Å². The standard InChI is InChI=1S/C9H14N2O/c1-6-3-8(11)9(12-2)4-7(6)5-10/h3-4H,5,10-11H2,1-2H3. The van der Waals surface area contributed by atoms with Crippen molar-refractivity contribution < 1.29 is 4.74 Å². The van der Waals surface area contributed by atoms with Crippen LogP contribution in [-0.2, 0) is 6.54 Å². The predicted molar refractivity (Wildman–Crippen MR) is 50.0 cm³/mol. The molecule has 3 nitrogen and oxygen atoms in total. The molecule has 0 atom stereocenters. The average molecular weight is 166 g/mol. The second-order valence-corrected chi connectivity index (χ2v) is 2.72. The third-order valence-corrected chi connectivity index (χ3v) is 1.91. The van der Waals surface area contributed by atoms with Crippen molar-refractivity contribution in [2.24, 2.45) is 5.73 Å². The van der Waals surface area contributed by atoms with E-state index in [9.17, 15) is 0 Å². The molecule has 1 aromatic carbocycles. The van der Waals surface area contributed by atoms with Gasteiger partial charge in [0, 0.05) is 6.54 Å². The fourth-order valence-corrected chi connectivity index (χ4v) is 1.15. The van der Waals surface area contributed by atoms with E-state index in [0.29, 0.717) is 18.0 Å². The van der Waals surface area contributed by atoms with Gasteiger partial charge in [-0.3, -0.25) is 0 Å². The molecular formula is C9H14N2O. The number of hydrogen-bond acceptors (Lipinski definition) is 3. The van der Waals surface area contributed by atoms with Gasteiger partial charge in [0.05, 0.1) is 12.8 Å². The van der Waals surface area contributed by atoms with Crippen molar-refractivity contribution in [1.29, 1.82) is 0 Å². The molecular weight excluding hydrogens is 152 g/mol. The minimum Gasteiger partial charge on any atom is -0.495 e. The third-order valence-electron chi connectivity index (χ3n) is 1.91. The van der Waals surface area contributed by atoms with E-state index in [1.54, 1.807) is 7.11 Å². The van der Waals surface area contributed by atoms with Gasteiger partial charge in [-0.1, -0.05) is 0 Å². The summed E-state index contributed by atoms with van der Waals surface area (Å²) in [7, 11) is 1.60. The molecule has 0 heterocycles.